The molecule has 4 atom stereocenters. The van der Waals surface area contributed by atoms with Crippen LogP contribution in [0.4, 0.5) is 22.0 Å². The van der Waals surface area contributed by atoms with E-state index in [0.29, 0.717) is 0 Å². The van der Waals surface area contributed by atoms with Crippen LogP contribution in [0, 0.1) is 17.2 Å². The van der Waals surface area contributed by atoms with E-state index in [4.69, 9.17) is 9.47 Å². The molecule has 1 saturated heterocycles. The number of pyridine rings is 1. The van der Waals surface area contributed by atoms with Crippen LogP contribution in [-0.2, 0) is 4.74 Å². The van der Waals surface area contributed by atoms with Gasteiger partial charge in [-0.25, -0.2) is 13.8 Å². The first-order valence-electron chi connectivity index (χ1n) is 7.04. The summed E-state index contributed by atoms with van der Waals surface area (Å²) in [6.07, 6.45) is -8.95. The van der Waals surface area contributed by atoms with Gasteiger partial charge in [-0.05, 0) is 13.0 Å². The molecular weight excluding hydrogens is 335 g/mol. The molecule has 4 nitrogen and oxygen atoms in total. The molecule has 1 fully saturated rings. The maximum Gasteiger partial charge on any atom is 0.417 e. The molecule has 0 radical (unpaired) electrons. The number of nitriles is 1. The minimum absolute atomic E-state index is 0.133. The maximum atomic E-state index is 13.4. The molecule has 9 heteroatoms. The van der Waals surface area contributed by atoms with Gasteiger partial charge in [0, 0.05) is 17.4 Å². The molecule has 1 aliphatic rings. The number of nitrogens with zero attached hydrogens (tertiary/aromatic N) is 2. The van der Waals surface area contributed by atoms with E-state index in [1.807, 2.05) is 0 Å². The van der Waals surface area contributed by atoms with Gasteiger partial charge < -0.3 is 9.47 Å². The van der Waals surface area contributed by atoms with Gasteiger partial charge in [-0.2, -0.15) is 18.4 Å². The van der Waals surface area contributed by atoms with E-state index in [-0.39, 0.29) is 11.4 Å². The van der Waals surface area contributed by atoms with Crippen LogP contribution in [0.25, 0.3) is 0 Å². The second kappa shape index (κ2) is 6.16. The van der Waals surface area contributed by atoms with Gasteiger partial charge in [0.05, 0.1) is 13.2 Å². The van der Waals surface area contributed by atoms with E-state index in [0.717, 1.165) is 13.0 Å². The van der Waals surface area contributed by atoms with Crippen molar-refractivity contribution in [2.24, 2.45) is 5.92 Å². The Balaban J connectivity index is 2.53. The number of alkyl halides is 5. The normalized spacial score (nSPS) is 30.4. The second-order valence-corrected chi connectivity index (χ2v) is 5.72. The fourth-order valence-electron chi connectivity index (χ4n) is 2.92. The predicted molar refractivity (Wildman–Crippen MR) is 72.6 cm³/mol. The molecule has 4 unspecified atom stereocenters. The largest absolute Gasteiger partial charge is 0.481 e. The third kappa shape index (κ3) is 2.79. The topological polar surface area (TPSA) is 55.1 Å². The Kier molecular flexibility index (Phi) is 4.72. The van der Waals surface area contributed by atoms with Crippen molar-refractivity contribution < 1.29 is 31.4 Å². The predicted octanol–water partition coefficient (Wildman–Crippen LogP) is 3.99. The monoisotopic (exact) mass is 350 g/mol. The number of rotatable bonds is 3. The van der Waals surface area contributed by atoms with Gasteiger partial charge in [0.2, 0.25) is 5.88 Å². The molecule has 0 aliphatic carbocycles. The van der Waals surface area contributed by atoms with Crippen LogP contribution in [0.5, 0.6) is 5.88 Å². The van der Waals surface area contributed by atoms with Crippen molar-refractivity contribution in [2.45, 2.75) is 44.1 Å². The summed E-state index contributed by atoms with van der Waals surface area (Å²) in [7, 11) is 1.17. The van der Waals surface area contributed by atoms with E-state index >= 15 is 0 Å². The van der Waals surface area contributed by atoms with Gasteiger partial charge in [0.1, 0.15) is 5.69 Å². The van der Waals surface area contributed by atoms with E-state index in [1.165, 1.54) is 20.1 Å². The first-order chi connectivity index (χ1) is 11.1. The van der Waals surface area contributed by atoms with Crippen LogP contribution in [0.2, 0.25) is 0 Å². The quantitative estimate of drug-likeness (QED) is 0.774. The summed E-state index contributed by atoms with van der Waals surface area (Å²) >= 11 is 0. The molecule has 1 aromatic heterocycles. The summed E-state index contributed by atoms with van der Waals surface area (Å²) in [5.74, 6) is -2.40. The summed E-state index contributed by atoms with van der Waals surface area (Å²) in [6.45, 7) is 2.17. The highest BCUT2D eigenvalue weighted by Crippen LogP contribution is 2.54. The van der Waals surface area contributed by atoms with Crippen LogP contribution in [0.3, 0.4) is 0 Å². The van der Waals surface area contributed by atoms with Gasteiger partial charge >= 0.3 is 6.18 Å². The smallest absolute Gasteiger partial charge is 0.417 e. The summed E-state index contributed by atoms with van der Waals surface area (Å²) in [5.41, 5.74) is -2.96. The molecule has 0 saturated carbocycles. The summed E-state index contributed by atoms with van der Waals surface area (Å²) in [6, 6.07) is 3.92. The molecular formula is C15H15F5N2O2. The van der Waals surface area contributed by atoms with Crippen molar-refractivity contribution in [2.75, 3.05) is 7.11 Å². The number of hydrogen-bond donors (Lipinski definition) is 0. The lowest BCUT2D eigenvalue weighted by atomic mass is 9.78. The lowest BCUT2D eigenvalue weighted by Gasteiger charge is -2.31. The van der Waals surface area contributed by atoms with Crippen molar-refractivity contribution >= 4 is 0 Å². The third-order valence-corrected chi connectivity index (χ3v) is 4.48. The van der Waals surface area contributed by atoms with Gasteiger partial charge in [0.25, 0.3) is 6.43 Å². The lowest BCUT2D eigenvalue weighted by molar-refractivity contribution is -0.270. The van der Waals surface area contributed by atoms with Crippen LogP contribution in [0.15, 0.2) is 12.1 Å². The first-order valence-corrected chi connectivity index (χ1v) is 7.04. The third-order valence-electron chi connectivity index (χ3n) is 4.48. The molecule has 0 bridgehead atoms. The number of ether oxygens (including phenoxy) is 2. The summed E-state index contributed by atoms with van der Waals surface area (Å²) in [4.78, 5) is 3.63. The Bertz CT molecular complexity index is 658. The van der Waals surface area contributed by atoms with Crippen LogP contribution in [-0.4, -0.2) is 30.0 Å². The number of methoxy groups -OCH3 is 1. The molecule has 0 spiro atoms. The van der Waals surface area contributed by atoms with E-state index < -0.39 is 41.8 Å². The van der Waals surface area contributed by atoms with Gasteiger partial charge in [-0.1, -0.05) is 13.0 Å². The lowest BCUT2D eigenvalue weighted by Crippen LogP contribution is -2.46. The Morgan fingerprint density at radius 3 is 2.46 bits per heavy atom. The number of halogens is 5. The Labute approximate surface area is 135 Å². The highest BCUT2D eigenvalue weighted by Gasteiger charge is 2.64. The van der Waals surface area contributed by atoms with E-state index in [9.17, 15) is 27.2 Å². The van der Waals surface area contributed by atoms with Crippen LogP contribution < -0.4 is 4.74 Å². The van der Waals surface area contributed by atoms with Crippen molar-refractivity contribution in [3.63, 3.8) is 0 Å². The molecule has 1 aliphatic heterocycles. The SMILES string of the molecule is COc1nc(C(F)F)ccc1C1C(C#N)OC(C)(C(F)(F)F)C1C. The van der Waals surface area contributed by atoms with Crippen LogP contribution >= 0.6 is 0 Å². The maximum absolute atomic E-state index is 13.4. The average molecular weight is 350 g/mol. The fraction of sp³-hybridized carbons (Fsp3) is 0.600. The Morgan fingerprint density at radius 1 is 1.38 bits per heavy atom. The zero-order valence-corrected chi connectivity index (χ0v) is 13.1. The molecule has 2 heterocycles. The highest BCUT2D eigenvalue weighted by molar-refractivity contribution is 5.37. The Hall–Kier alpha value is -1.95. The average Bonchev–Trinajstić information content (AvgIpc) is 2.78. The van der Waals surface area contributed by atoms with Crippen molar-refractivity contribution in [3.05, 3.63) is 23.4 Å². The summed E-state index contributed by atoms with van der Waals surface area (Å²) < 4.78 is 75.5. The first kappa shape index (κ1) is 18.4. The van der Waals surface area contributed by atoms with E-state index in [1.54, 1.807) is 6.07 Å². The Morgan fingerprint density at radius 2 is 2.00 bits per heavy atom. The van der Waals surface area contributed by atoms with Crippen LogP contribution in [0.1, 0.15) is 37.4 Å². The number of hydrogen-bond acceptors (Lipinski definition) is 4. The molecule has 0 amide bonds. The van der Waals surface area contributed by atoms with E-state index in [2.05, 4.69) is 4.98 Å². The fourth-order valence-corrected chi connectivity index (χ4v) is 2.92. The highest BCUT2D eigenvalue weighted by atomic mass is 19.4. The van der Waals surface area contributed by atoms with Crippen molar-refractivity contribution in [3.8, 4) is 11.9 Å². The minimum atomic E-state index is -4.69. The molecule has 24 heavy (non-hydrogen) atoms. The molecule has 1 aromatic rings. The molecule has 0 aromatic carbocycles. The number of aromatic nitrogens is 1. The minimum Gasteiger partial charge on any atom is -0.481 e. The zero-order valence-electron chi connectivity index (χ0n) is 13.1. The van der Waals surface area contributed by atoms with Gasteiger partial charge in [-0.15, -0.1) is 0 Å². The standard InChI is InChI=1S/C15H15F5N2O2/c1-7-11(10(6-21)24-14(7,2)15(18,19)20)8-4-5-9(12(16)17)22-13(8)23-3/h4-5,7,10-12H,1-3H3. The zero-order chi connectivity index (χ0) is 18.3. The van der Waals surface area contributed by atoms with Crippen molar-refractivity contribution in [1.29, 1.82) is 5.26 Å². The second-order valence-electron chi connectivity index (χ2n) is 5.72. The molecule has 2 rings (SSSR count). The summed E-state index contributed by atoms with van der Waals surface area (Å²) in [5, 5.41) is 9.20. The van der Waals surface area contributed by atoms with Gasteiger partial charge in [-0.3, -0.25) is 0 Å². The molecule has 132 valence electrons. The molecule has 0 N–H and O–H groups in total. The van der Waals surface area contributed by atoms with Gasteiger partial charge in [0.15, 0.2) is 11.7 Å². The van der Waals surface area contributed by atoms with Crippen molar-refractivity contribution in [1.82, 2.24) is 4.98 Å².